The van der Waals surface area contributed by atoms with E-state index in [1.54, 1.807) is 0 Å². The average molecular weight is 246 g/mol. The molecule has 0 saturated carbocycles. The van der Waals surface area contributed by atoms with Crippen LogP contribution in [-0.4, -0.2) is 17.9 Å². The molecule has 3 nitrogen and oxygen atoms in total. The van der Waals surface area contributed by atoms with Crippen molar-refractivity contribution in [2.24, 2.45) is 0 Å². The molecule has 0 spiro atoms. The second-order valence-electron chi connectivity index (χ2n) is 3.30. The van der Waals surface area contributed by atoms with Crippen LogP contribution in [0.1, 0.15) is 12.5 Å². The lowest BCUT2D eigenvalue weighted by Crippen LogP contribution is -2.24. The molecular formula is C11H9F3O3. The standard InChI is InChI=1S/C11H9F3O3/c1-7(15)17-9-5-3-2-4-8(9)6-10(16)11(12,13)14/h2-5H,6H2,1H3. The van der Waals surface area contributed by atoms with Crippen molar-refractivity contribution >= 4 is 11.8 Å². The quantitative estimate of drug-likeness (QED) is 0.607. The molecule has 0 fully saturated rings. The highest BCUT2D eigenvalue weighted by molar-refractivity contribution is 5.86. The van der Waals surface area contributed by atoms with E-state index in [2.05, 4.69) is 0 Å². The van der Waals surface area contributed by atoms with Crippen molar-refractivity contribution in [2.75, 3.05) is 0 Å². The van der Waals surface area contributed by atoms with Crippen molar-refractivity contribution in [3.63, 3.8) is 0 Å². The molecule has 0 heterocycles. The number of alkyl halides is 3. The van der Waals surface area contributed by atoms with Crippen LogP contribution in [0.3, 0.4) is 0 Å². The number of hydrogen-bond acceptors (Lipinski definition) is 3. The van der Waals surface area contributed by atoms with Gasteiger partial charge in [0.05, 0.1) is 0 Å². The van der Waals surface area contributed by atoms with Crippen LogP contribution in [0.4, 0.5) is 13.2 Å². The van der Waals surface area contributed by atoms with Gasteiger partial charge in [-0.25, -0.2) is 0 Å². The number of carbonyl (C=O) groups excluding carboxylic acids is 2. The molecule has 0 bridgehead atoms. The predicted molar refractivity (Wildman–Crippen MR) is 52.5 cm³/mol. The maximum absolute atomic E-state index is 12.1. The van der Waals surface area contributed by atoms with Crippen LogP contribution >= 0.6 is 0 Å². The summed E-state index contributed by atoms with van der Waals surface area (Å²) in [7, 11) is 0. The van der Waals surface area contributed by atoms with Gasteiger partial charge in [0, 0.05) is 18.9 Å². The molecule has 0 aliphatic rings. The molecule has 0 radical (unpaired) electrons. The highest BCUT2D eigenvalue weighted by atomic mass is 19.4. The zero-order chi connectivity index (χ0) is 13.1. The van der Waals surface area contributed by atoms with Gasteiger partial charge in [-0.05, 0) is 6.07 Å². The lowest BCUT2D eigenvalue weighted by molar-refractivity contribution is -0.170. The Morgan fingerprint density at radius 2 is 1.82 bits per heavy atom. The van der Waals surface area contributed by atoms with Crippen molar-refractivity contribution in [1.29, 1.82) is 0 Å². The molecule has 92 valence electrons. The van der Waals surface area contributed by atoms with E-state index in [-0.39, 0.29) is 11.3 Å². The maximum Gasteiger partial charge on any atom is 0.450 e. The Balaban J connectivity index is 2.91. The van der Waals surface area contributed by atoms with Crippen molar-refractivity contribution in [3.8, 4) is 5.75 Å². The van der Waals surface area contributed by atoms with E-state index in [0.717, 1.165) is 6.92 Å². The maximum atomic E-state index is 12.1. The summed E-state index contributed by atoms with van der Waals surface area (Å²) in [5.74, 6) is -2.56. The Hall–Kier alpha value is -1.85. The molecule has 0 amide bonds. The first-order valence-corrected chi connectivity index (χ1v) is 4.67. The summed E-state index contributed by atoms with van der Waals surface area (Å²) in [6.45, 7) is 1.13. The number of halogens is 3. The van der Waals surface area contributed by atoms with Gasteiger partial charge in [0.15, 0.2) is 0 Å². The molecule has 0 atom stereocenters. The molecule has 6 heteroatoms. The van der Waals surface area contributed by atoms with Gasteiger partial charge in [0.1, 0.15) is 5.75 Å². The van der Waals surface area contributed by atoms with Crippen LogP contribution in [0.5, 0.6) is 5.75 Å². The van der Waals surface area contributed by atoms with E-state index >= 15 is 0 Å². The van der Waals surface area contributed by atoms with Crippen LogP contribution in [0.25, 0.3) is 0 Å². The summed E-state index contributed by atoms with van der Waals surface area (Å²) in [5, 5.41) is 0. The summed E-state index contributed by atoms with van der Waals surface area (Å²) in [4.78, 5) is 21.5. The van der Waals surface area contributed by atoms with E-state index in [4.69, 9.17) is 4.74 Å². The van der Waals surface area contributed by atoms with Gasteiger partial charge >= 0.3 is 12.1 Å². The fraction of sp³-hybridized carbons (Fsp3) is 0.273. The number of rotatable bonds is 3. The molecule has 0 unspecified atom stereocenters. The minimum atomic E-state index is -4.89. The van der Waals surface area contributed by atoms with Crippen molar-refractivity contribution in [3.05, 3.63) is 29.8 Å². The topological polar surface area (TPSA) is 43.4 Å². The molecule has 0 aliphatic carbocycles. The van der Waals surface area contributed by atoms with Crippen molar-refractivity contribution in [2.45, 2.75) is 19.5 Å². The molecular weight excluding hydrogens is 237 g/mol. The Morgan fingerprint density at radius 1 is 1.24 bits per heavy atom. The SMILES string of the molecule is CC(=O)Oc1ccccc1CC(=O)C(F)(F)F. The van der Waals surface area contributed by atoms with Crippen LogP contribution in [0.15, 0.2) is 24.3 Å². The number of esters is 1. The van der Waals surface area contributed by atoms with E-state index in [0.29, 0.717) is 0 Å². The Morgan fingerprint density at radius 3 is 2.35 bits per heavy atom. The third-order valence-electron chi connectivity index (χ3n) is 1.89. The first kappa shape index (κ1) is 13.2. The van der Waals surface area contributed by atoms with Gasteiger partial charge in [-0.2, -0.15) is 13.2 Å². The first-order chi connectivity index (χ1) is 7.80. The Kier molecular flexibility index (Phi) is 3.88. The lowest BCUT2D eigenvalue weighted by atomic mass is 10.1. The molecule has 1 aromatic carbocycles. The average Bonchev–Trinajstić information content (AvgIpc) is 2.18. The molecule has 17 heavy (non-hydrogen) atoms. The van der Waals surface area contributed by atoms with Gasteiger partial charge in [-0.15, -0.1) is 0 Å². The number of carbonyl (C=O) groups is 2. The summed E-state index contributed by atoms with van der Waals surface area (Å²) >= 11 is 0. The molecule has 1 aromatic rings. The van der Waals surface area contributed by atoms with Crippen LogP contribution in [0.2, 0.25) is 0 Å². The predicted octanol–water partition coefficient (Wildman–Crippen LogP) is 2.29. The summed E-state index contributed by atoms with van der Waals surface area (Å²) in [5.41, 5.74) is 0.0324. The zero-order valence-corrected chi connectivity index (χ0v) is 8.88. The van der Waals surface area contributed by atoms with Gasteiger partial charge < -0.3 is 4.74 Å². The van der Waals surface area contributed by atoms with Crippen molar-refractivity contribution in [1.82, 2.24) is 0 Å². The monoisotopic (exact) mass is 246 g/mol. The fourth-order valence-corrected chi connectivity index (χ4v) is 1.18. The van der Waals surface area contributed by atoms with Gasteiger partial charge in [0.2, 0.25) is 5.78 Å². The van der Waals surface area contributed by atoms with Crippen LogP contribution < -0.4 is 4.74 Å². The van der Waals surface area contributed by atoms with E-state index in [1.165, 1.54) is 24.3 Å². The third kappa shape index (κ3) is 3.90. The van der Waals surface area contributed by atoms with Gasteiger partial charge in [-0.1, -0.05) is 18.2 Å². The Bertz CT molecular complexity index is 438. The lowest BCUT2D eigenvalue weighted by Gasteiger charge is -2.09. The second kappa shape index (κ2) is 4.99. The number of ketones is 1. The molecule has 0 aromatic heterocycles. The molecule has 1 rings (SSSR count). The fourth-order valence-electron chi connectivity index (χ4n) is 1.18. The zero-order valence-electron chi connectivity index (χ0n) is 8.88. The molecule has 0 N–H and O–H groups in total. The van der Waals surface area contributed by atoms with E-state index < -0.39 is 24.3 Å². The summed E-state index contributed by atoms with van der Waals surface area (Å²) < 4.78 is 40.9. The van der Waals surface area contributed by atoms with Crippen LogP contribution in [-0.2, 0) is 16.0 Å². The van der Waals surface area contributed by atoms with Gasteiger partial charge in [-0.3, -0.25) is 9.59 Å². The van der Waals surface area contributed by atoms with Crippen molar-refractivity contribution < 1.29 is 27.5 Å². The first-order valence-electron chi connectivity index (χ1n) is 4.67. The van der Waals surface area contributed by atoms with E-state index in [9.17, 15) is 22.8 Å². The summed E-state index contributed by atoms with van der Waals surface area (Å²) in [6, 6.07) is 5.61. The number of para-hydroxylation sites is 1. The smallest absolute Gasteiger partial charge is 0.426 e. The second-order valence-corrected chi connectivity index (χ2v) is 3.30. The van der Waals surface area contributed by atoms with Crippen LogP contribution in [0, 0.1) is 0 Å². The molecule has 0 saturated heterocycles. The molecule has 0 aliphatic heterocycles. The Labute approximate surface area is 95.2 Å². The highest BCUT2D eigenvalue weighted by Crippen LogP contribution is 2.24. The van der Waals surface area contributed by atoms with E-state index in [1.807, 2.05) is 0 Å². The number of benzene rings is 1. The number of Topliss-reactive ketones (excluding diaryl/α,β-unsaturated/α-hetero) is 1. The summed E-state index contributed by atoms with van der Waals surface area (Å²) in [6.07, 6.45) is -5.73. The third-order valence-corrected chi connectivity index (χ3v) is 1.89. The largest absolute Gasteiger partial charge is 0.450 e. The van der Waals surface area contributed by atoms with Gasteiger partial charge in [0.25, 0.3) is 0 Å². The number of hydrogen-bond donors (Lipinski definition) is 0. The minimum absolute atomic E-state index is 0.0300. The number of ether oxygens (including phenoxy) is 1. The normalized spacial score (nSPS) is 11.1. The highest BCUT2D eigenvalue weighted by Gasteiger charge is 2.38. The minimum Gasteiger partial charge on any atom is -0.426 e.